The van der Waals surface area contributed by atoms with Gasteiger partial charge in [-0.1, -0.05) is 0 Å². The zero-order valence-corrected chi connectivity index (χ0v) is 8.37. The zero-order valence-electron chi connectivity index (χ0n) is 7.56. The van der Waals surface area contributed by atoms with Gasteiger partial charge in [-0.05, 0) is 18.4 Å². The summed E-state index contributed by atoms with van der Waals surface area (Å²) in [5.74, 6) is -3.78. The Kier molecular flexibility index (Phi) is 5.89. The molecule has 0 unspecified atom stereocenters. The van der Waals surface area contributed by atoms with Crippen molar-refractivity contribution < 1.29 is 24.2 Å². The zero-order chi connectivity index (χ0) is 11.1. The number of carbonyl (C=O) groups excluding carboxylic acids is 2. The summed E-state index contributed by atoms with van der Waals surface area (Å²) in [4.78, 5) is 31.4. The molecule has 0 radical (unpaired) electrons. The van der Waals surface area contributed by atoms with Crippen LogP contribution in [0.25, 0.3) is 0 Å². The van der Waals surface area contributed by atoms with E-state index in [1.165, 1.54) is 11.8 Å². The highest BCUT2D eigenvalue weighted by atomic mass is 32.2. The topological polar surface area (TPSA) is 107 Å². The first-order valence-corrected chi connectivity index (χ1v) is 5.12. The van der Waals surface area contributed by atoms with E-state index in [9.17, 15) is 14.4 Å². The second kappa shape index (κ2) is 6.39. The van der Waals surface area contributed by atoms with Crippen molar-refractivity contribution in [2.75, 3.05) is 12.0 Å². The lowest BCUT2D eigenvalue weighted by molar-refractivity contribution is -0.171. The van der Waals surface area contributed by atoms with Crippen LogP contribution in [0, 0.1) is 0 Å². The lowest BCUT2D eigenvalue weighted by Crippen LogP contribution is -2.35. The summed E-state index contributed by atoms with van der Waals surface area (Å²) >= 11 is 1.48. The molecule has 3 N–H and O–H groups in total. The highest BCUT2D eigenvalue weighted by Crippen LogP contribution is 2.00. The van der Waals surface area contributed by atoms with Gasteiger partial charge in [-0.2, -0.15) is 11.8 Å². The second-order valence-electron chi connectivity index (χ2n) is 2.40. The van der Waals surface area contributed by atoms with Crippen molar-refractivity contribution in [2.24, 2.45) is 5.73 Å². The van der Waals surface area contributed by atoms with E-state index < -0.39 is 23.9 Å². The van der Waals surface area contributed by atoms with Crippen LogP contribution in [0.4, 0.5) is 0 Å². The molecule has 0 fully saturated rings. The molecule has 0 aromatic carbocycles. The molecule has 0 aromatic heterocycles. The first kappa shape index (κ1) is 12.9. The summed E-state index contributed by atoms with van der Waals surface area (Å²) in [6.07, 6.45) is 2.17. The first-order valence-electron chi connectivity index (χ1n) is 3.72. The number of rotatable bonds is 4. The van der Waals surface area contributed by atoms with Crippen molar-refractivity contribution in [1.29, 1.82) is 0 Å². The van der Waals surface area contributed by atoms with Crippen LogP contribution in [0.2, 0.25) is 0 Å². The van der Waals surface area contributed by atoms with Gasteiger partial charge in [0.1, 0.15) is 6.04 Å². The maximum atomic E-state index is 10.9. The Hall–Kier alpha value is -1.08. The third-order valence-electron chi connectivity index (χ3n) is 1.30. The molecule has 0 aliphatic carbocycles. The minimum atomic E-state index is -1.81. The number of ether oxygens (including phenoxy) is 1. The summed E-state index contributed by atoms with van der Waals surface area (Å²) in [5, 5.41) is 8.12. The molecule has 0 saturated carbocycles. The van der Waals surface area contributed by atoms with Crippen LogP contribution in [0.15, 0.2) is 0 Å². The van der Waals surface area contributed by atoms with Crippen LogP contribution < -0.4 is 5.73 Å². The monoisotopic (exact) mass is 221 g/mol. The number of hydrogen-bond acceptors (Lipinski definition) is 6. The summed E-state index contributed by atoms with van der Waals surface area (Å²) in [5.41, 5.74) is 5.32. The molecule has 0 heterocycles. The van der Waals surface area contributed by atoms with Gasteiger partial charge in [0.05, 0.1) is 0 Å². The molecule has 7 heteroatoms. The standard InChI is InChI=1S/C7H11NO5S/c1-14-3-2-4(8)6(11)13-7(12)5(9)10/h4H,2-3,8H2,1H3,(H,9,10)/t4-/m0/s1. The van der Waals surface area contributed by atoms with E-state index in [0.29, 0.717) is 12.2 Å². The van der Waals surface area contributed by atoms with Crippen LogP contribution in [-0.2, 0) is 19.1 Å². The Labute approximate surface area is 84.8 Å². The molecule has 0 bridgehead atoms. The fourth-order valence-electron chi connectivity index (χ4n) is 0.573. The fourth-order valence-corrected chi connectivity index (χ4v) is 1.06. The largest absolute Gasteiger partial charge is 0.473 e. The fraction of sp³-hybridized carbons (Fsp3) is 0.571. The Morgan fingerprint density at radius 1 is 1.50 bits per heavy atom. The van der Waals surface area contributed by atoms with Crippen molar-refractivity contribution in [1.82, 2.24) is 0 Å². The van der Waals surface area contributed by atoms with Gasteiger partial charge >= 0.3 is 17.9 Å². The van der Waals surface area contributed by atoms with Gasteiger partial charge < -0.3 is 15.6 Å². The molecule has 0 aliphatic rings. The molecular weight excluding hydrogens is 210 g/mol. The van der Waals surface area contributed by atoms with Crippen molar-refractivity contribution >= 4 is 29.7 Å². The molecule has 0 aromatic rings. The van der Waals surface area contributed by atoms with Crippen molar-refractivity contribution in [3.63, 3.8) is 0 Å². The Bertz CT molecular complexity index is 242. The van der Waals surface area contributed by atoms with Gasteiger partial charge in [-0.3, -0.25) is 0 Å². The van der Waals surface area contributed by atoms with Crippen LogP contribution >= 0.6 is 11.8 Å². The maximum Gasteiger partial charge on any atom is 0.424 e. The molecule has 80 valence electrons. The van der Waals surface area contributed by atoms with Gasteiger partial charge in [0.25, 0.3) is 0 Å². The molecule has 14 heavy (non-hydrogen) atoms. The number of carbonyl (C=O) groups is 3. The van der Waals surface area contributed by atoms with Gasteiger partial charge in [0.15, 0.2) is 0 Å². The first-order chi connectivity index (χ1) is 6.49. The lowest BCUT2D eigenvalue weighted by Gasteiger charge is -2.07. The average Bonchev–Trinajstić information content (AvgIpc) is 2.13. The number of esters is 2. The molecule has 1 atom stereocenters. The molecule has 0 amide bonds. The van der Waals surface area contributed by atoms with E-state index >= 15 is 0 Å². The minimum Gasteiger partial charge on any atom is -0.473 e. The van der Waals surface area contributed by atoms with Gasteiger partial charge in [-0.15, -0.1) is 0 Å². The normalized spacial score (nSPS) is 11.9. The molecule has 6 nitrogen and oxygen atoms in total. The quantitative estimate of drug-likeness (QED) is 0.364. The number of hydrogen-bond donors (Lipinski definition) is 2. The van der Waals surface area contributed by atoms with Gasteiger partial charge in [-0.25, -0.2) is 14.4 Å². The smallest absolute Gasteiger partial charge is 0.424 e. The predicted molar refractivity (Wildman–Crippen MR) is 49.7 cm³/mol. The summed E-state index contributed by atoms with van der Waals surface area (Å²) in [6, 6.07) is -0.953. The van der Waals surface area contributed by atoms with E-state index in [0.717, 1.165) is 0 Å². The van der Waals surface area contributed by atoms with E-state index in [1.807, 2.05) is 6.26 Å². The van der Waals surface area contributed by atoms with Crippen LogP contribution in [0.5, 0.6) is 0 Å². The Balaban J connectivity index is 3.95. The van der Waals surface area contributed by atoms with Crippen LogP contribution in [0.3, 0.4) is 0 Å². The highest BCUT2D eigenvalue weighted by Gasteiger charge is 2.22. The van der Waals surface area contributed by atoms with Gasteiger partial charge in [0.2, 0.25) is 0 Å². The van der Waals surface area contributed by atoms with Crippen LogP contribution in [-0.4, -0.2) is 41.1 Å². The molecule has 0 spiro atoms. The van der Waals surface area contributed by atoms with Crippen molar-refractivity contribution in [3.05, 3.63) is 0 Å². The van der Waals surface area contributed by atoms with E-state index in [4.69, 9.17) is 10.8 Å². The highest BCUT2D eigenvalue weighted by molar-refractivity contribution is 7.98. The van der Waals surface area contributed by atoms with Crippen molar-refractivity contribution in [2.45, 2.75) is 12.5 Å². The Morgan fingerprint density at radius 3 is 2.50 bits per heavy atom. The SMILES string of the molecule is CSCC[C@H](N)C(=O)OC(=O)C(=O)O. The lowest BCUT2D eigenvalue weighted by atomic mass is 10.2. The minimum absolute atomic E-state index is 0.340. The third-order valence-corrected chi connectivity index (χ3v) is 1.95. The molecule has 0 rings (SSSR count). The van der Waals surface area contributed by atoms with E-state index in [-0.39, 0.29) is 0 Å². The summed E-state index contributed by atoms with van der Waals surface area (Å²) in [7, 11) is 0. The average molecular weight is 221 g/mol. The predicted octanol–water partition coefficient (Wildman–Crippen LogP) is -0.779. The molecule has 0 aliphatic heterocycles. The number of carboxylic acid groups (broad SMARTS) is 1. The number of carboxylic acids is 1. The molecule has 0 saturated heterocycles. The number of aliphatic carboxylic acids is 1. The molecular formula is C7H11NO5S. The number of nitrogens with two attached hydrogens (primary N) is 1. The maximum absolute atomic E-state index is 10.9. The van der Waals surface area contributed by atoms with Gasteiger partial charge in [0, 0.05) is 0 Å². The van der Waals surface area contributed by atoms with Crippen molar-refractivity contribution in [3.8, 4) is 0 Å². The van der Waals surface area contributed by atoms with Crippen LogP contribution in [0.1, 0.15) is 6.42 Å². The number of thioether (sulfide) groups is 1. The third kappa shape index (κ3) is 4.83. The van der Waals surface area contributed by atoms with E-state index in [1.54, 1.807) is 0 Å². The van der Waals surface area contributed by atoms with E-state index in [2.05, 4.69) is 4.74 Å². The summed E-state index contributed by atoms with van der Waals surface area (Å²) in [6.45, 7) is 0. The second-order valence-corrected chi connectivity index (χ2v) is 3.39. The summed E-state index contributed by atoms with van der Waals surface area (Å²) < 4.78 is 3.96. The Morgan fingerprint density at radius 2 is 2.07 bits per heavy atom.